The molecule has 2 aromatic rings. The third kappa shape index (κ3) is 3.53. The number of carboxylic acids is 2. The Morgan fingerprint density at radius 2 is 0.895 bits per heavy atom. The maximum Gasteiger partial charge on any atom is 0.335 e. The van der Waals surface area contributed by atoms with Crippen molar-refractivity contribution in [1.82, 2.24) is 0 Å². The number of rotatable bonds is 3. The van der Waals surface area contributed by atoms with E-state index in [1.807, 2.05) is 0 Å². The topological polar surface area (TPSA) is 74.6 Å². The minimum Gasteiger partial charge on any atom is -0.478 e. The molecule has 0 aliphatic rings. The predicted molar refractivity (Wildman–Crippen MR) is 65.8 cm³/mol. The Kier molecular flexibility index (Phi) is 5.04. The molecule has 0 amide bonds. The Morgan fingerprint density at radius 1 is 0.632 bits per heavy atom. The zero-order valence-electron chi connectivity index (χ0n) is 9.83. The number of benzene rings is 2. The van der Waals surface area contributed by atoms with Gasteiger partial charge in [0.05, 0.1) is 11.1 Å². The molecule has 0 aliphatic carbocycles. The van der Waals surface area contributed by atoms with Crippen LogP contribution in [0.25, 0.3) is 11.1 Å². The third-order valence-electron chi connectivity index (χ3n) is 2.60. The van der Waals surface area contributed by atoms with E-state index in [1.165, 1.54) is 24.3 Å². The van der Waals surface area contributed by atoms with E-state index in [2.05, 4.69) is 0 Å². The molecule has 4 nitrogen and oxygen atoms in total. The van der Waals surface area contributed by atoms with Crippen LogP contribution < -0.4 is 0 Å². The van der Waals surface area contributed by atoms with Crippen LogP contribution in [0.1, 0.15) is 20.7 Å². The fraction of sp³-hybridized carbons (Fsp3) is 0. The molecule has 0 bridgehead atoms. The van der Waals surface area contributed by atoms with Gasteiger partial charge in [-0.3, -0.25) is 0 Å². The van der Waals surface area contributed by atoms with Crippen molar-refractivity contribution in [2.45, 2.75) is 0 Å². The zero-order valence-corrected chi connectivity index (χ0v) is 11.4. The summed E-state index contributed by atoms with van der Waals surface area (Å²) in [6.45, 7) is 0. The van der Waals surface area contributed by atoms with Crippen molar-refractivity contribution in [3.05, 3.63) is 59.7 Å². The molecule has 0 aliphatic heterocycles. The largest absolute Gasteiger partial charge is 0.478 e. The van der Waals surface area contributed by atoms with Gasteiger partial charge in [-0.2, -0.15) is 0 Å². The van der Waals surface area contributed by atoms with Crippen LogP contribution >= 0.6 is 0 Å². The van der Waals surface area contributed by atoms with Crippen molar-refractivity contribution < 1.29 is 41.5 Å². The van der Waals surface area contributed by atoms with Crippen molar-refractivity contribution >= 4 is 11.9 Å². The SMILES string of the molecule is O=C(O)c1ccc(-c2ccc(C(=O)O)cc2)cc1.[Ti]. The molecule has 2 N–H and O–H groups in total. The second-order valence-electron chi connectivity index (χ2n) is 3.77. The van der Waals surface area contributed by atoms with E-state index in [0.717, 1.165) is 11.1 Å². The summed E-state index contributed by atoms with van der Waals surface area (Å²) in [5.74, 6) is -1.94. The molecule has 0 aromatic heterocycles. The van der Waals surface area contributed by atoms with Gasteiger partial charge in [-0.1, -0.05) is 24.3 Å². The molecule has 2 rings (SSSR count). The van der Waals surface area contributed by atoms with Crippen molar-refractivity contribution in [2.24, 2.45) is 0 Å². The van der Waals surface area contributed by atoms with Gasteiger partial charge in [0.25, 0.3) is 0 Å². The normalized spacial score (nSPS) is 9.47. The van der Waals surface area contributed by atoms with E-state index < -0.39 is 11.9 Å². The molecule has 2 aromatic carbocycles. The molecule has 19 heavy (non-hydrogen) atoms. The van der Waals surface area contributed by atoms with Crippen LogP contribution in [0.4, 0.5) is 0 Å². The summed E-state index contributed by atoms with van der Waals surface area (Å²) in [6.07, 6.45) is 0. The van der Waals surface area contributed by atoms with Gasteiger partial charge >= 0.3 is 11.9 Å². The average Bonchev–Trinajstić information content (AvgIpc) is 2.39. The Labute approximate surface area is 124 Å². The summed E-state index contributed by atoms with van der Waals surface area (Å²) in [7, 11) is 0. The van der Waals surface area contributed by atoms with E-state index in [1.54, 1.807) is 24.3 Å². The Bertz CT molecular complexity index is 532. The minimum absolute atomic E-state index is 0. The fourth-order valence-electron chi connectivity index (χ4n) is 1.61. The van der Waals surface area contributed by atoms with Gasteiger partial charge in [-0.25, -0.2) is 9.59 Å². The Morgan fingerprint density at radius 3 is 1.11 bits per heavy atom. The summed E-state index contributed by atoms with van der Waals surface area (Å²) >= 11 is 0. The summed E-state index contributed by atoms with van der Waals surface area (Å²) in [6, 6.07) is 12.8. The van der Waals surface area contributed by atoms with Crippen LogP contribution in [0.15, 0.2) is 48.5 Å². The van der Waals surface area contributed by atoms with Gasteiger partial charge in [0.2, 0.25) is 0 Å². The van der Waals surface area contributed by atoms with E-state index in [-0.39, 0.29) is 32.8 Å². The second-order valence-corrected chi connectivity index (χ2v) is 3.77. The van der Waals surface area contributed by atoms with Crippen LogP contribution in [0.5, 0.6) is 0 Å². The van der Waals surface area contributed by atoms with Crippen molar-refractivity contribution in [3.63, 3.8) is 0 Å². The summed E-state index contributed by atoms with van der Waals surface area (Å²) in [5, 5.41) is 17.6. The monoisotopic (exact) mass is 290 g/mol. The Hall–Kier alpha value is -1.91. The number of hydrogen-bond acceptors (Lipinski definition) is 2. The maximum absolute atomic E-state index is 10.7. The molecule has 94 valence electrons. The molecule has 0 radical (unpaired) electrons. The first-order valence-corrected chi connectivity index (χ1v) is 5.25. The van der Waals surface area contributed by atoms with Crippen LogP contribution in [-0.4, -0.2) is 22.2 Å². The van der Waals surface area contributed by atoms with Crippen LogP contribution in [0, 0.1) is 0 Å². The average molecular weight is 290 g/mol. The number of aromatic carboxylic acids is 2. The number of carboxylic acid groups (broad SMARTS) is 2. The van der Waals surface area contributed by atoms with Crippen LogP contribution in [0.3, 0.4) is 0 Å². The molecule has 0 saturated heterocycles. The van der Waals surface area contributed by atoms with Crippen molar-refractivity contribution in [3.8, 4) is 11.1 Å². The minimum atomic E-state index is -0.970. The third-order valence-corrected chi connectivity index (χ3v) is 2.60. The van der Waals surface area contributed by atoms with Gasteiger partial charge in [-0.15, -0.1) is 0 Å². The van der Waals surface area contributed by atoms with Crippen LogP contribution in [-0.2, 0) is 21.7 Å². The molecule has 0 spiro atoms. The van der Waals surface area contributed by atoms with E-state index in [9.17, 15) is 9.59 Å². The summed E-state index contributed by atoms with van der Waals surface area (Å²) in [5.41, 5.74) is 2.13. The number of hydrogen-bond donors (Lipinski definition) is 2. The van der Waals surface area contributed by atoms with Crippen LogP contribution in [0.2, 0.25) is 0 Å². The molecular formula is C14H10O4Ti. The quantitative estimate of drug-likeness (QED) is 0.852. The molecule has 0 atom stereocenters. The van der Waals surface area contributed by atoms with Gasteiger partial charge < -0.3 is 10.2 Å². The first-order chi connectivity index (χ1) is 8.58. The summed E-state index contributed by atoms with van der Waals surface area (Å²) < 4.78 is 0. The smallest absolute Gasteiger partial charge is 0.335 e. The van der Waals surface area contributed by atoms with E-state index >= 15 is 0 Å². The number of carbonyl (C=O) groups is 2. The predicted octanol–water partition coefficient (Wildman–Crippen LogP) is 2.75. The molecular weight excluding hydrogens is 280 g/mol. The molecule has 5 heteroatoms. The van der Waals surface area contributed by atoms with Crippen molar-refractivity contribution in [1.29, 1.82) is 0 Å². The van der Waals surface area contributed by atoms with Gasteiger partial charge in [0, 0.05) is 21.7 Å². The first-order valence-electron chi connectivity index (χ1n) is 5.25. The van der Waals surface area contributed by atoms with Crippen molar-refractivity contribution in [2.75, 3.05) is 0 Å². The molecule has 0 fully saturated rings. The maximum atomic E-state index is 10.7. The standard InChI is InChI=1S/C14H10O4.Ti/c15-13(16)11-5-1-9(2-6-11)10-3-7-12(8-4-10)14(17)18;/h1-8H,(H,15,16)(H,17,18);. The summed E-state index contributed by atoms with van der Waals surface area (Å²) in [4.78, 5) is 21.4. The van der Waals surface area contributed by atoms with E-state index in [0.29, 0.717) is 0 Å². The van der Waals surface area contributed by atoms with Gasteiger partial charge in [0.1, 0.15) is 0 Å². The molecule has 0 heterocycles. The van der Waals surface area contributed by atoms with Gasteiger partial charge in [-0.05, 0) is 35.4 Å². The molecule has 0 unspecified atom stereocenters. The fourth-order valence-corrected chi connectivity index (χ4v) is 1.61. The zero-order chi connectivity index (χ0) is 13.1. The first kappa shape index (κ1) is 15.2. The second kappa shape index (κ2) is 6.32. The van der Waals surface area contributed by atoms with E-state index in [4.69, 9.17) is 10.2 Å². The van der Waals surface area contributed by atoms with Gasteiger partial charge in [0.15, 0.2) is 0 Å². The Balaban J connectivity index is 0.00000180. The molecule has 0 saturated carbocycles.